The van der Waals surface area contributed by atoms with Crippen molar-refractivity contribution in [3.63, 3.8) is 0 Å². The number of halogens is 1. The Balaban J connectivity index is 0.00000144. The first-order valence-electron chi connectivity index (χ1n) is 6.67. The van der Waals surface area contributed by atoms with Gasteiger partial charge in [0, 0.05) is 6.54 Å². The lowest BCUT2D eigenvalue weighted by atomic mass is 9.96. The van der Waals surface area contributed by atoms with Crippen molar-refractivity contribution in [2.75, 3.05) is 6.54 Å². The van der Waals surface area contributed by atoms with Crippen molar-refractivity contribution in [2.24, 2.45) is 11.1 Å². The molecule has 0 radical (unpaired) electrons. The second-order valence-electron chi connectivity index (χ2n) is 5.80. The number of nitrogens with one attached hydrogen (secondary N) is 1. The Kier molecular flexibility index (Phi) is 4.85. The Bertz CT molecular complexity index is 271. The second kappa shape index (κ2) is 5.57. The SMILES string of the molecule is CCCC1(CNC(=O)C2(N)CCCC2)CC1.Cl. The van der Waals surface area contributed by atoms with Crippen molar-refractivity contribution in [2.45, 2.75) is 63.8 Å². The molecule has 0 unspecified atom stereocenters. The highest BCUT2D eigenvalue weighted by Gasteiger charge is 2.43. The van der Waals surface area contributed by atoms with Crippen molar-refractivity contribution in [1.29, 1.82) is 0 Å². The lowest BCUT2D eigenvalue weighted by Crippen LogP contribution is -2.52. The van der Waals surface area contributed by atoms with Gasteiger partial charge in [0.2, 0.25) is 5.91 Å². The highest BCUT2D eigenvalue weighted by molar-refractivity contribution is 5.86. The van der Waals surface area contributed by atoms with E-state index in [1.54, 1.807) is 0 Å². The Morgan fingerprint density at radius 2 is 1.82 bits per heavy atom. The fourth-order valence-electron chi connectivity index (χ4n) is 2.90. The summed E-state index contributed by atoms with van der Waals surface area (Å²) in [5.74, 6) is 0.0902. The van der Waals surface area contributed by atoms with E-state index >= 15 is 0 Å². The van der Waals surface area contributed by atoms with E-state index in [9.17, 15) is 4.79 Å². The third kappa shape index (κ3) is 3.35. The Hall–Kier alpha value is -0.280. The first-order valence-corrected chi connectivity index (χ1v) is 6.67. The molecule has 2 aliphatic carbocycles. The van der Waals surface area contributed by atoms with Gasteiger partial charge >= 0.3 is 0 Å². The van der Waals surface area contributed by atoms with E-state index in [4.69, 9.17) is 5.73 Å². The molecule has 0 aromatic rings. The highest BCUT2D eigenvalue weighted by Crippen LogP contribution is 2.49. The zero-order valence-electron chi connectivity index (χ0n) is 10.8. The van der Waals surface area contributed by atoms with Crippen LogP contribution in [0.1, 0.15) is 58.3 Å². The third-order valence-corrected chi connectivity index (χ3v) is 4.31. The predicted octanol–water partition coefficient (Wildman–Crippen LogP) is 2.38. The lowest BCUT2D eigenvalue weighted by molar-refractivity contribution is -0.126. The van der Waals surface area contributed by atoms with E-state index in [0.717, 1.165) is 32.2 Å². The molecule has 4 heteroatoms. The van der Waals surface area contributed by atoms with Crippen molar-refractivity contribution in [1.82, 2.24) is 5.32 Å². The van der Waals surface area contributed by atoms with Crippen LogP contribution in [0.15, 0.2) is 0 Å². The zero-order chi connectivity index (χ0) is 11.6. The molecular weight excluding hydrogens is 236 g/mol. The van der Waals surface area contributed by atoms with Crippen molar-refractivity contribution in [3.05, 3.63) is 0 Å². The van der Waals surface area contributed by atoms with Gasteiger partial charge in [0.15, 0.2) is 0 Å². The number of nitrogens with two attached hydrogens (primary N) is 1. The monoisotopic (exact) mass is 260 g/mol. The molecule has 3 N–H and O–H groups in total. The summed E-state index contributed by atoms with van der Waals surface area (Å²) in [7, 11) is 0. The van der Waals surface area contributed by atoms with Gasteiger partial charge in [-0.1, -0.05) is 26.2 Å². The van der Waals surface area contributed by atoms with Crippen LogP contribution in [0.2, 0.25) is 0 Å². The molecule has 0 aliphatic heterocycles. The van der Waals surface area contributed by atoms with Gasteiger partial charge < -0.3 is 11.1 Å². The molecular formula is C13H25ClN2O. The lowest BCUT2D eigenvalue weighted by Gasteiger charge is -2.24. The van der Waals surface area contributed by atoms with Crippen LogP contribution < -0.4 is 11.1 Å². The average molecular weight is 261 g/mol. The maximum atomic E-state index is 12.0. The molecule has 2 aliphatic rings. The molecule has 0 aromatic heterocycles. The third-order valence-electron chi connectivity index (χ3n) is 4.31. The van der Waals surface area contributed by atoms with E-state index in [-0.39, 0.29) is 18.3 Å². The number of hydrogen-bond acceptors (Lipinski definition) is 2. The van der Waals surface area contributed by atoms with Gasteiger partial charge in [0.1, 0.15) is 0 Å². The minimum atomic E-state index is -0.553. The van der Waals surface area contributed by atoms with Crippen molar-refractivity contribution in [3.8, 4) is 0 Å². The number of hydrogen-bond donors (Lipinski definition) is 2. The summed E-state index contributed by atoms with van der Waals surface area (Å²) in [6, 6.07) is 0. The average Bonchev–Trinajstić information content (AvgIpc) is 2.88. The van der Waals surface area contributed by atoms with Crippen molar-refractivity contribution < 1.29 is 4.79 Å². The van der Waals surface area contributed by atoms with Crippen LogP contribution in [0.4, 0.5) is 0 Å². The standard InChI is InChI=1S/C13H24N2O.ClH/c1-2-5-12(8-9-12)10-15-11(16)13(14)6-3-4-7-13;/h2-10,14H2,1H3,(H,15,16);1H. The van der Waals surface area contributed by atoms with E-state index in [2.05, 4.69) is 12.2 Å². The summed E-state index contributed by atoms with van der Waals surface area (Å²) in [5, 5.41) is 3.09. The number of carbonyl (C=O) groups excluding carboxylic acids is 1. The summed E-state index contributed by atoms with van der Waals surface area (Å²) in [5.41, 5.74) is 5.99. The zero-order valence-corrected chi connectivity index (χ0v) is 11.6. The van der Waals surface area contributed by atoms with Gasteiger partial charge in [-0.15, -0.1) is 12.4 Å². The fourth-order valence-corrected chi connectivity index (χ4v) is 2.90. The number of rotatable bonds is 5. The summed E-state index contributed by atoms with van der Waals surface area (Å²) in [4.78, 5) is 12.0. The molecule has 0 bridgehead atoms. The molecule has 0 heterocycles. The van der Waals surface area contributed by atoms with Gasteiger partial charge in [-0.25, -0.2) is 0 Å². The second-order valence-corrected chi connectivity index (χ2v) is 5.80. The Morgan fingerprint density at radius 1 is 1.24 bits per heavy atom. The molecule has 0 atom stereocenters. The largest absolute Gasteiger partial charge is 0.354 e. The van der Waals surface area contributed by atoms with Crippen LogP contribution in [0.3, 0.4) is 0 Å². The minimum Gasteiger partial charge on any atom is -0.354 e. The summed E-state index contributed by atoms with van der Waals surface area (Å²) >= 11 is 0. The molecule has 0 aromatic carbocycles. The van der Waals surface area contributed by atoms with E-state index in [0.29, 0.717) is 5.41 Å². The molecule has 2 rings (SSSR count). The number of amides is 1. The molecule has 2 fully saturated rings. The van der Waals surface area contributed by atoms with E-state index < -0.39 is 5.54 Å². The summed E-state index contributed by atoms with van der Waals surface area (Å²) in [6.07, 6.45) is 8.93. The van der Waals surface area contributed by atoms with Gasteiger partial charge in [-0.2, -0.15) is 0 Å². The van der Waals surface area contributed by atoms with Crippen molar-refractivity contribution >= 4 is 18.3 Å². The molecule has 3 nitrogen and oxygen atoms in total. The predicted molar refractivity (Wildman–Crippen MR) is 72.2 cm³/mol. The van der Waals surface area contributed by atoms with Gasteiger partial charge in [0.25, 0.3) is 0 Å². The Labute approximate surface area is 110 Å². The fraction of sp³-hybridized carbons (Fsp3) is 0.923. The number of carbonyl (C=O) groups is 1. The minimum absolute atomic E-state index is 0. The van der Waals surface area contributed by atoms with Crippen LogP contribution in [-0.2, 0) is 4.79 Å². The molecule has 2 saturated carbocycles. The molecule has 0 spiro atoms. The smallest absolute Gasteiger partial charge is 0.240 e. The molecule has 0 saturated heterocycles. The van der Waals surface area contributed by atoms with Gasteiger partial charge in [0.05, 0.1) is 5.54 Å². The maximum Gasteiger partial charge on any atom is 0.240 e. The van der Waals surface area contributed by atoms with Crippen LogP contribution >= 0.6 is 12.4 Å². The first-order chi connectivity index (χ1) is 7.60. The van der Waals surface area contributed by atoms with Gasteiger partial charge in [-0.05, 0) is 37.5 Å². The molecule has 100 valence electrons. The summed E-state index contributed by atoms with van der Waals surface area (Å²) < 4.78 is 0. The quantitative estimate of drug-likeness (QED) is 0.798. The first kappa shape index (κ1) is 14.8. The molecule has 1 amide bonds. The Morgan fingerprint density at radius 3 is 2.29 bits per heavy atom. The summed E-state index contributed by atoms with van der Waals surface area (Å²) in [6.45, 7) is 3.06. The molecule has 17 heavy (non-hydrogen) atoms. The van der Waals surface area contributed by atoms with E-state index in [1.807, 2.05) is 0 Å². The van der Waals surface area contributed by atoms with Crippen LogP contribution in [-0.4, -0.2) is 18.0 Å². The van der Waals surface area contributed by atoms with Crippen LogP contribution in [0.25, 0.3) is 0 Å². The topological polar surface area (TPSA) is 55.1 Å². The van der Waals surface area contributed by atoms with Crippen LogP contribution in [0, 0.1) is 5.41 Å². The maximum absolute atomic E-state index is 12.0. The highest BCUT2D eigenvalue weighted by atomic mass is 35.5. The van der Waals surface area contributed by atoms with Gasteiger partial charge in [-0.3, -0.25) is 4.79 Å². The van der Waals surface area contributed by atoms with E-state index in [1.165, 1.54) is 25.7 Å². The normalized spacial score (nSPS) is 23.9. The van der Waals surface area contributed by atoms with Crippen LogP contribution in [0.5, 0.6) is 0 Å².